The molecule has 1 saturated carbocycles. The Labute approximate surface area is 188 Å². The molecular weight excluding hydrogens is 524 g/mol. The number of alkyl halides is 3. The van der Waals surface area contributed by atoms with Crippen molar-refractivity contribution in [2.24, 2.45) is 16.3 Å². The fourth-order valence-electron chi connectivity index (χ4n) is 3.74. The zero-order valence-electron chi connectivity index (χ0n) is 16.9. The highest BCUT2D eigenvalue weighted by Gasteiger charge is 2.50. The van der Waals surface area contributed by atoms with Crippen molar-refractivity contribution in [1.29, 1.82) is 0 Å². The summed E-state index contributed by atoms with van der Waals surface area (Å²) in [5, 5.41) is 6.56. The van der Waals surface area contributed by atoms with Crippen molar-refractivity contribution in [2.75, 3.05) is 46.9 Å². The van der Waals surface area contributed by atoms with Crippen LogP contribution in [0.4, 0.5) is 13.2 Å². The van der Waals surface area contributed by atoms with Gasteiger partial charge >= 0.3 is 15.5 Å². The summed E-state index contributed by atoms with van der Waals surface area (Å²) in [5.41, 5.74) is -4.99. The molecule has 2 rings (SSSR count). The summed E-state index contributed by atoms with van der Waals surface area (Å²) in [5.74, 6) is 0.762. The van der Waals surface area contributed by atoms with Crippen LogP contribution >= 0.6 is 24.0 Å². The maximum atomic E-state index is 12.6. The van der Waals surface area contributed by atoms with Gasteiger partial charge in [0, 0.05) is 46.9 Å². The van der Waals surface area contributed by atoms with Crippen LogP contribution in [0.25, 0.3) is 0 Å². The normalized spacial score (nSPS) is 21.2. The maximum Gasteiger partial charge on any atom is 0.511 e. The summed E-state index contributed by atoms with van der Waals surface area (Å²) in [4.78, 5) is 4.21. The minimum absolute atomic E-state index is 0. The van der Waals surface area contributed by atoms with Gasteiger partial charge in [-0.25, -0.2) is 8.42 Å². The van der Waals surface area contributed by atoms with Crippen molar-refractivity contribution in [3.8, 4) is 0 Å². The Morgan fingerprint density at radius 3 is 2.31 bits per heavy atom. The summed E-state index contributed by atoms with van der Waals surface area (Å²) < 4.78 is 66.6. The molecule has 29 heavy (non-hydrogen) atoms. The minimum Gasteiger partial charge on any atom is -0.385 e. The largest absolute Gasteiger partial charge is 0.511 e. The molecule has 2 N–H and O–H groups in total. The maximum absolute atomic E-state index is 12.6. The summed E-state index contributed by atoms with van der Waals surface area (Å²) in [7, 11) is -1.84. The van der Waals surface area contributed by atoms with Gasteiger partial charge in [0.15, 0.2) is 5.96 Å². The molecule has 2 aliphatic rings. The van der Waals surface area contributed by atoms with Crippen LogP contribution in [0.15, 0.2) is 4.99 Å². The molecule has 0 amide bonds. The standard InChI is InChI=1S/C17H31F3N4O3S.HI/c1-21-15(23-13-16(6-3-7-16)8-11-27-2)22-12-14-4-9-24(10-5-14)28(25,26)17(18,19)20;/h14H,3-13H2,1-2H3,(H2,21,22,23);1H. The fourth-order valence-corrected chi connectivity index (χ4v) is 4.73. The smallest absolute Gasteiger partial charge is 0.385 e. The Morgan fingerprint density at radius 1 is 1.24 bits per heavy atom. The van der Waals surface area contributed by atoms with E-state index in [2.05, 4.69) is 15.6 Å². The summed E-state index contributed by atoms with van der Waals surface area (Å²) >= 11 is 0. The van der Waals surface area contributed by atoms with Crippen molar-refractivity contribution in [3.63, 3.8) is 0 Å². The molecule has 0 unspecified atom stereocenters. The van der Waals surface area contributed by atoms with E-state index in [1.54, 1.807) is 14.2 Å². The van der Waals surface area contributed by atoms with Gasteiger partial charge in [-0.2, -0.15) is 17.5 Å². The molecule has 7 nitrogen and oxygen atoms in total. The van der Waals surface area contributed by atoms with Crippen molar-refractivity contribution < 1.29 is 26.3 Å². The number of nitrogens with zero attached hydrogens (tertiary/aromatic N) is 2. The van der Waals surface area contributed by atoms with E-state index in [1.165, 1.54) is 6.42 Å². The molecule has 1 saturated heterocycles. The predicted octanol–water partition coefficient (Wildman–Crippen LogP) is 2.54. The number of sulfonamides is 1. The highest BCUT2D eigenvalue weighted by Crippen LogP contribution is 2.43. The van der Waals surface area contributed by atoms with E-state index >= 15 is 0 Å². The minimum atomic E-state index is -5.23. The van der Waals surface area contributed by atoms with Crippen molar-refractivity contribution >= 4 is 40.0 Å². The number of guanidine groups is 1. The number of hydrogen-bond donors (Lipinski definition) is 2. The summed E-state index contributed by atoms with van der Waals surface area (Å²) in [6.45, 7) is 1.86. The van der Waals surface area contributed by atoms with Gasteiger partial charge in [-0.05, 0) is 43.4 Å². The quantitative estimate of drug-likeness (QED) is 0.273. The van der Waals surface area contributed by atoms with E-state index in [4.69, 9.17) is 4.74 Å². The monoisotopic (exact) mass is 556 g/mol. The molecule has 0 radical (unpaired) electrons. The second kappa shape index (κ2) is 11.3. The first kappa shape index (κ1) is 26.7. The van der Waals surface area contributed by atoms with E-state index in [0.717, 1.165) is 32.4 Å². The van der Waals surface area contributed by atoms with Crippen LogP contribution in [0.1, 0.15) is 38.5 Å². The molecule has 1 heterocycles. The average Bonchev–Trinajstić information content (AvgIpc) is 2.62. The summed E-state index contributed by atoms with van der Waals surface area (Å²) in [6, 6.07) is 0. The highest BCUT2D eigenvalue weighted by molar-refractivity contribution is 14.0. The first-order valence-corrected chi connectivity index (χ1v) is 11.1. The van der Waals surface area contributed by atoms with Gasteiger partial charge in [-0.1, -0.05) is 6.42 Å². The van der Waals surface area contributed by atoms with Crippen LogP contribution in [0.3, 0.4) is 0 Å². The van der Waals surface area contributed by atoms with Gasteiger partial charge in [0.1, 0.15) is 0 Å². The van der Waals surface area contributed by atoms with Crippen molar-refractivity contribution in [3.05, 3.63) is 0 Å². The number of ether oxygens (including phenoxy) is 1. The molecule has 0 aromatic heterocycles. The van der Waals surface area contributed by atoms with Crippen LogP contribution < -0.4 is 10.6 Å². The zero-order valence-corrected chi connectivity index (χ0v) is 20.1. The first-order valence-electron chi connectivity index (χ1n) is 9.63. The molecule has 0 bridgehead atoms. The molecule has 0 aromatic carbocycles. The van der Waals surface area contributed by atoms with Crippen LogP contribution in [-0.2, 0) is 14.8 Å². The van der Waals surface area contributed by atoms with Gasteiger partial charge < -0.3 is 15.4 Å². The van der Waals surface area contributed by atoms with Gasteiger partial charge in [0.2, 0.25) is 0 Å². The van der Waals surface area contributed by atoms with Crippen LogP contribution in [0.2, 0.25) is 0 Å². The Kier molecular flexibility index (Phi) is 10.4. The van der Waals surface area contributed by atoms with Gasteiger partial charge in [-0.15, -0.1) is 24.0 Å². The third kappa shape index (κ3) is 7.10. The number of halogens is 4. The SMILES string of the molecule is CN=C(NCC1CCN(S(=O)(=O)C(F)(F)F)CC1)NCC1(CCOC)CCC1.I. The highest BCUT2D eigenvalue weighted by atomic mass is 127. The van der Waals surface area contributed by atoms with E-state index in [1.807, 2.05) is 0 Å². The molecule has 12 heteroatoms. The Hall–Kier alpha value is -0.340. The number of rotatable bonds is 8. The van der Waals surface area contributed by atoms with Crippen LogP contribution in [0, 0.1) is 11.3 Å². The topological polar surface area (TPSA) is 83.0 Å². The van der Waals surface area contributed by atoms with E-state index in [0.29, 0.717) is 29.7 Å². The van der Waals surface area contributed by atoms with Gasteiger partial charge in [0.25, 0.3) is 0 Å². The lowest BCUT2D eigenvalue weighted by atomic mass is 9.67. The number of aliphatic imine (C=N–C) groups is 1. The fraction of sp³-hybridized carbons (Fsp3) is 0.941. The summed E-state index contributed by atoms with van der Waals surface area (Å²) in [6.07, 6.45) is 5.31. The molecule has 2 fully saturated rings. The Balaban J connectivity index is 0.00000420. The number of piperidine rings is 1. The van der Waals surface area contributed by atoms with E-state index < -0.39 is 15.5 Å². The first-order chi connectivity index (χ1) is 13.1. The number of hydrogen-bond acceptors (Lipinski definition) is 4. The Bertz CT molecular complexity index is 634. The number of nitrogens with one attached hydrogen (secondary N) is 2. The lowest BCUT2D eigenvalue weighted by Crippen LogP contribution is -2.49. The van der Waals surface area contributed by atoms with E-state index in [9.17, 15) is 21.6 Å². The molecule has 0 aromatic rings. The van der Waals surface area contributed by atoms with Gasteiger partial charge in [-0.3, -0.25) is 4.99 Å². The Morgan fingerprint density at radius 2 is 1.86 bits per heavy atom. The average molecular weight is 556 g/mol. The molecule has 1 aliphatic carbocycles. The zero-order chi connectivity index (χ0) is 20.8. The van der Waals surface area contributed by atoms with Crippen LogP contribution in [-0.4, -0.2) is 71.1 Å². The predicted molar refractivity (Wildman–Crippen MR) is 117 cm³/mol. The van der Waals surface area contributed by atoms with Crippen LogP contribution in [0.5, 0.6) is 0 Å². The molecule has 1 aliphatic heterocycles. The second-order valence-corrected chi connectivity index (χ2v) is 9.63. The molecule has 172 valence electrons. The lowest BCUT2D eigenvalue weighted by Gasteiger charge is -2.42. The number of methoxy groups -OCH3 is 1. The van der Waals surface area contributed by atoms with E-state index in [-0.39, 0.29) is 48.4 Å². The molecule has 0 atom stereocenters. The second-order valence-electron chi connectivity index (χ2n) is 7.70. The van der Waals surface area contributed by atoms with Gasteiger partial charge in [0.05, 0.1) is 0 Å². The molecular formula is C17H32F3IN4O3S. The van der Waals surface area contributed by atoms with Crippen molar-refractivity contribution in [2.45, 2.75) is 44.0 Å². The third-order valence-electron chi connectivity index (χ3n) is 5.87. The molecule has 0 spiro atoms. The lowest BCUT2D eigenvalue weighted by molar-refractivity contribution is -0.0496. The van der Waals surface area contributed by atoms with Crippen molar-refractivity contribution in [1.82, 2.24) is 14.9 Å². The third-order valence-corrected chi connectivity index (χ3v) is 7.50.